The van der Waals surface area contributed by atoms with Crippen molar-refractivity contribution in [1.82, 2.24) is 19.9 Å². The SMILES string of the molecule is COc1ccc(CN2CCN(c3ccc(-c4cc(N5CCC(C(C)(C)O)CC5)cnc4C(C#N)=CN)cn3)CC2)cn1. The molecule has 0 aromatic carbocycles. The number of piperazine rings is 1. The molecule has 5 heterocycles. The van der Waals surface area contributed by atoms with Gasteiger partial charge in [0.1, 0.15) is 11.9 Å². The summed E-state index contributed by atoms with van der Waals surface area (Å²) < 4.78 is 5.16. The second-order valence-corrected chi connectivity index (χ2v) is 11.6. The maximum absolute atomic E-state index is 10.5. The molecule has 0 unspecified atom stereocenters. The Kier molecular flexibility index (Phi) is 8.90. The van der Waals surface area contributed by atoms with Crippen LogP contribution >= 0.6 is 0 Å². The number of nitriles is 1. The van der Waals surface area contributed by atoms with Crippen LogP contribution in [0.1, 0.15) is 37.9 Å². The van der Waals surface area contributed by atoms with Crippen molar-refractivity contribution in [3.8, 4) is 23.1 Å². The lowest BCUT2D eigenvalue weighted by atomic mass is 9.83. The summed E-state index contributed by atoms with van der Waals surface area (Å²) >= 11 is 0. The fourth-order valence-electron chi connectivity index (χ4n) is 5.83. The largest absolute Gasteiger partial charge is 0.481 e. The van der Waals surface area contributed by atoms with Crippen LogP contribution in [0.4, 0.5) is 11.5 Å². The number of anilines is 2. The first kappa shape index (κ1) is 29.3. The van der Waals surface area contributed by atoms with E-state index in [1.165, 1.54) is 11.8 Å². The van der Waals surface area contributed by atoms with E-state index < -0.39 is 5.60 Å². The number of nitrogens with two attached hydrogens (primary N) is 1. The number of piperidine rings is 1. The number of nitrogens with zero attached hydrogens (tertiary/aromatic N) is 7. The van der Waals surface area contributed by atoms with Crippen molar-refractivity contribution in [2.45, 2.75) is 38.8 Å². The molecule has 3 aromatic heterocycles. The average Bonchev–Trinajstić information content (AvgIpc) is 3.02. The molecule has 2 aliphatic heterocycles. The standard InChI is InChI=1S/C32H40N8O2/c1-32(2,41)26-8-10-39(11-9-26)27-16-28(31(37-21-27)25(17-33)18-34)24-5-6-29(35-20-24)40-14-12-38(13-15-40)22-23-4-7-30(42-3)36-19-23/h4-7,16-17,19-21,26,41H,8-15,22,33H2,1-3H3. The molecule has 0 bridgehead atoms. The molecule has 2 saturated heterocycles. The number of aliphatic hydroxyl groups is 1. The fraction of sp³-hybridized carbons (Fsp3) is 0.438. The third-order valence-electron chi connectivity index (χ3n) is 8.44. The van der Waals surface area contributed by atoms with Gasteiger partial charge < -0.3 is 25.4 Å². The predicted molar refractivity (Wildman–Crippen MR) is 165 cm³/mol. The molecule has 2 fully saturated rings. The van der Waals surface area contributed by atoms with Crippen LogP contribution in [0.2, 0.25) is 0 Å². The van der Waals surface area contributed by atoms with Gasteiger partial charge in [-0.25, -0.2) is 9.97 Å². The van der Waals surface area contributed by atoms with Crippen LogP contribution < -0.4 is 20.3 Å². The third-order valence-corrected chi connectivity index (χ3v) is 8.44. The summed E-state index contributed by atoms with van der Waals surface area (Å²) in [5, 5.41) is 20.2. The van der Waals surface area contributed by atoms with Gasteiger partial charge in [0.15, 0.2) is 0 Å². The predicted octanol–water partition coefficient (Wildman–Crippen LogP) is 3.68. The van der Waals surface area contributed by atoms with Crippen molar-refractivity contribution in [2.75, 3.05) is 56.2 Å². The van der Waals surface area contributed by atoms with Gasteiger partial charge in [-0.15, -0.1) is 0 Å². The molecule has 0 atom stereocenters. The Balaban J connectivity index is 1.29. The number of hydrogen-bond donors (Lipinski definition) is 2. The maximum Gasteiger partial charge on any atom is 0.212 e. The van der Waals surface area contributed by atoms with Gasteiger partial charge in [0.25, 0.3) is 0 Å². The molecule has 5 rings (SSSR count). The second kappa shape index (κ2) is 12.8. The van der Waals surface area contributed by atoms with Crippen molar-refractivity contribution < 1.29 is 9.84 Å². The number of ether oxygens (including phenoxy) is 1. The molecule has 3 aromatic rings. The highest BCUT2D eigenvalue weighted by molar-refractivity contribution is 5.86. The Bertz CT molecular complexity index is 1410. The van der Waals surface area contributed by atoms with E-state index in [1.807, 2.05) is 50.6 Å². The van der Waals surface area contributed by atoms with Crippen LogP contribution in [0.3, 0.4) is 0 Å². The quantitative estimate of drug-likeness (QED) is 0.389. The fourth-order valence-corrected chi connectivity index (χ4v) is 5.83. The van der Waals surface area contributed by atoms with Crippen LogP contribution in [0.5, 0.6) is 5.88 Å². The lowest BCUT2D eigenvalue weighted by Gasteiger charge is -2.38. The summed E-state index contributed by atoms with van der Waals surface area (Å²) in [6.45, 7) is 9.94. The van der Waals surface area contributed by atoms with Crippen molar-refractivity contribution in [1.29, 1.82) is 5.26 Å². The smallest absolute Gasteiger partial charge is 0.212 e. The number of rotatable bonds is 8. The molecule has 10 nitrogen and oxygen atoms in total. The van der Waals surface area contributed by atoms with Crippen molar-refractivity contribution >= 4 is 17.1 Å². The van der Waals surface area contributed by atoms with Gasteiger partial charge in [-0.2, -0.15) is 5.26 Å². The van der Waals surface area contributed by atoms with E-state index in [0.717, 1.165) is 81.3 Å². The molecule has 0 radical (unpaired) electrons. The van der Waals surface area contributed by atoms with Crippen LogP contribution in [0, 0.1) is 17.2 Å². The van der Waals surface area contributed by atoms with Gasteiger partial charge in [-0.1, -0.05) is 6.07 Å². The Hall–Kier alpha value is -4.20. The van der Waals surface area contributed by atoms with E-state index in [1.54, 1.807) is 7.11 Å². The van der Waals surface area contributed by atoms with Gasteiger partial charge in [0.2, 0.25) is 5.88 Å². The molecular weight excluding hydrogens is 528 g/mol. The molecule has 0 aliphatic carbocycles. The molecule has 10 heteroatoms. The van der Waals surface area contributed by atoms with Gasteiger partial charge in [0, 0.05) is 81.6 Å². The average molecular weight is 569 g/mol. The molecule has 0 spiro atoms. The second-order valence-electron chi connectivity index (χ2n) is 11.6. The maximum atomic E-state index is 10.5. The first-order chi connectivity index (χ1) is 20.3. The molecule has 2 aliphatic rings. The Morgan fingerprint density at radius 2 is 1.79 bits per heavy atom. The van der Waals surface area contributed by atoms with Crippen LogP contribution in [-0.4, -0.2) is 76.9 Å². The minimum atomic E-state index is -0.680. The topological polar surface area (TPSA) is 128 Å². The summed E-state index contributed by atoms with van der Waals surface area (Å²) in [7, 11) is 1.62. The zero-order valence-electron chi connectivity index (χ0n) is 24.7. The summed E-state index contributed by atoms with van der Waals surface area (Å²) in [5.41, 5.74) is 9.86. The van der Waals surface area contributed by atoms with Gasteiger partial charge in [-0.3, -0.25) is 9.88 Å². The number of allylic oxidation sites excluding steroid dienone is 1. The van der Waals surface area contributed by atoms with Gasteiger partial charge >= 0.3 is 0 Å². The van der Waals surface area contributed by atoms with Crippen molar-refractivity contribution in [2.24, 2.45) is 11.7 Å². The van der Waals surface area contributed by atoms with Crippen molar-refractivity contribution in [3.05, 3.63) is 66.4 Å². The Labute approximate surface area is 248 Å². The van der Waals surface area contributed by atoms with E-state index in [4.69, 9.17) is 15.5 Å². The number of hydrogen-bond acceptors (Lipinski definition) is 10. The van der Waals surface area contributed by atoms with Gasteiger partial charge in [0.05, 0.1) is 35.9 Å². The Morgan fingerprint density at radius 1 is 1.02 bits per heavy atom. The summed E-state index contributed by atoms with van der Waals surface area (Å²) in [6, 6.07) is 12.3. The molecule has 42 heavy (non-hydrogen) atoms. The first-order valence-electron chi connectivity index (χ1n) is 14.5. The van der Waals surface area contributed by atoms with Gasteiger partial charge in [-0.05, 0) is 56.4 Å². The normalized spacial score (nSPS) is 17.3. The highest BCUT2D eigenvalue weighted by Gasteiger charge is 2.31. The highest BCUT2D eigenvalue weighted by Crippen LogP contribution is 2.34. The lowest BCUT2D eigenvalue weighted by Crippen LogP contribution is -2.46. The monoisotopic (exact) mass is 568 g/mol. The van der Waals surface area contributed by atoms with Crippen LogP contribution in [0.15, 0.2) is 55.1 Å². The number of pyridine rings is 3. The zero-order valence-corrected chi connectivity index (χ0v) is 24.7. The highest BCUT2D eigenvalue weighted by atomic mass is 16.5. The Morgan fingerprint density at radius 3 is 2.36 bits per heavy atom. The zero-order chi connectivity index (χ0) is 29.7. The lowest BCUT2D eigenvalue weighted by molar-refractivity contribution is 0.00651. The molecular formula is C32H40N8O2. The number of methoxy groups -OCH3 is 1. The van der Waals surface area contributed by atoms with Crippen LogP contribution in [0.25, 0.3) is 16.7 Å². The molecule has 0 amide bonds. The van der Waals surface area contributed by atoms with E-state index in [2.05, 4.69) is 42.9 Å². The first-order valence-corrected chi connectivity index (χ1v) is 14.5. The number of aromatic nitrogens is 3. The molecule has 220 valence electrons. The third kappa shape index (κ3) is 6.64. The van der Waals surface area contributed by atoms with Crippen molar-refractivity contribution in [3.63, 3.8) is 0 Å². The van der Waals surface area contributed by atoms with E-state index >= 15 is 0 Å². The van der Waals surface area contributed by atoms with Crippen LogP contribution in [-0.2, 0) is 6.54 Å². The molecule has 3 N–H and O–H groups in total. The minimum absolute atomic E-state index is 0.267. The molecule has 0 saturated carbocycles. The van der Waals surface area contributed by atoms with E-state index in [0.29, 0.717) is 17.1 Å². The summed E-state index contributed by atoms with van der Waals surface area (Å²) in [4.78, 5) is 20.8. The summed E-state index contributed by atoms with van der Waals surface area (Å²) in [6.07, 6.45) is 8.68. The van der Waals surface area contributed by atoms with E-state index in [-0.39, 0.29) is 5.92 Å². The minimum Gasteiger partial charge on any atom is -0.481 e. The summed E-state index contributed by atoms with van der Waals surface area (Å²) in [5.74, 6) is 1.82. The van der Waals surface area contributed by atoms with E-state index in [9.17, 15) is 10.4 Å².